The predicted molar refractivity (Wildman–Crippen MR) is 90.6 cm³/mol. The molecule has 23 heavy (non-hydrogen) atoms. The first-order valence-corrected chi connectivity index (χ1v) is 7.98. The number of nitrogens with one attached hydrogen (secondary N) is 1. The van der Waals surface area contributed by atoms with Crippen molar-refractivity contribution < 1.29 is 14.5 Å². The Morgan fingerprint density at radius 2 is 1.83 bits per heavy atom. The average Bonchev–Trinajstić information content (AvgIpc) is 2.55. The van der Waals surface area contributed by atoms with Gasteiger partial charge in [0.1, 0.15) is 11.9 Å². The van der Waals surface area contributed by atoms with Crippen LogP contribution in [0.2, 0.25) is 0 Å². The molecule has 0 aromatic heterocycles. The summed E-state index contributed by atoms with van der Waals surface area (Å²) in [6.45, 7) is 5.99. The second-order valence-corrected chi connectivity index (χ2v) is 5.88. The number of hydrogen-bond acceptors (Lipinski definition) is 1. The van der Waals surface area contributed by atoms with Crippen molar-refractivity contribution in [3.05, 3.63) is 65.5 Å². The van der Waals surface area contributed by atoms with Gasteiger partial charge in [0.25, 0.3) is 5.91 Å². The van der Waals surface area contributed by atoms with Gasteiger partial charge >= 0.3 is 0 Å². The molecular weight excluding hydrogens is 291 g/mol. The van der Waals surface area contributed by atoms with E-state index in [2.05, 4.69) is 43.4 Å². The van der Waals surface area contributed by atoms with Crippen LogP contribution in [0.4, 0.5) is 10.1 Å². The largest absolute Gasteiger partial charge is 0.330 e. The van der Waals surface area contributed by atoms with E-state index >= 15 is 0 Å². The summed E-state index contributed by atoms with van der Waals surface area (Å²) in [5.74, 6) is -0.612. The minimum absolute atomic E-state index is 0.194. The van der Waals surface area contributed by atoms with E-state index in [4.69, 9.17) is 0 Å². The van der Waals surface area contributed by atoms with Gasteiger partial charge in [-0.1, -0.05) is 48.9 Å². The first-order valence-electron chi connectivity index (χ1n) is 7.98. The number of benzene rings is 2. The van der Waals surface area contributed by atoms with Crippen LogP contribution in [0.5, 0.6) is 0 Å². The minimum atomic E-state index is -0.418. The van der Waals surface area contributed by atoms with Crippen LogP contribution in [-0.2, 0) is 4.79 Å². The Bertz CT molecular complexity index is 655. The van der Waals surface area contributed by atoms with E-state index in [9.17, 15) is 9.18 Å². The van der Waals surface area contributed by atoms with Crippen LogP contribution >= 0.6 is 0 Å². The zero-order chi connectivity index (χ0) is 16.8. The van der Waals surface area contributed by atoms with Crippen molar-refractivity contribution in [3.8, 4) is 0 Å². The third-order valence-electron chi connectivity index (χ3n) is 4.01. The number of nitrogens with two attached hydrogens (primary N) is 1. The molecule has 2 aromatic rings. The lowest BCUT2D eigenvalue weighted by Crippen LogP contribution is -2.92. The van der Waals surface area contributed by atoms with E-state index < -0.39 is 5.82 Å². The van der Waals surface area contributed by atoms with E-state index in [1.165, 1.54) is 17.2 Å². The normalized spacial score (nSPS) is 13.4. The number of halogens is 1. The predicted octanol–water partition coefficient (Wildman–Crippen LogP) is 3.18. The van der Waals surface area contributed by atoms with Crippen LogP contribution in [-0.4, -0.2) is 11.9 Å². The molecule has 122 valence electrons. The molecule has 2 aromatic carbocycles. The lowest BCUT2D eigenvalue weighted by molar-refractivity contribution is -0.713. The maximum atomic E-state index is 13.6. The van der Waals surface area contributed by atoms with Gasteiger partial charge in [0.15, 0.2) is 6.04 Å². The highest BCUT2D eigenvalue weighted by atomic mass is 19.1. The maximum Gasteiger partial charge on any atom is 0.282 e. The molecular formula is C19H24FN2O+. The summed E-state index contributed by atoms with van der Waals surface area (Å²) in [5, 5.41) is 4.68. The SMILES string of the molecule is CC[C@@H]([NH2+][C@@H](C)C(=O)Nc1ccccc1F)c1ccc(C)cc1. The van der Waals surface area contributed by atoms with Crippen LogP contribution in [0.25, 0.3) is 0 Å². The standard InChI is InChI=1S/C19H23FN2O/c1-4-17(15-11-9-13(2)10-12-15)21-14(3)19(23)22-18-8-6-5-7-16(18)20/h5-12,14,17,21H,4H2,1-3H3,(H,22,23)/p+1/t14-,17+/m0/s1. The lowest BCUT2D eigenvalue weighted by atomic mass is 10.0. The minimum Gasteiger partial charge on any atom is -0.330 e. The number of aryl methyl sites for hydroxylation is 1. The van der Waals surface area contributed by atoms with Gasteiger partial charge < -0.3 is 10.6 Å². The quantitative estimate of drug-likeness (QED) is 0.845. The summed E-state index contributed by atoms with van der Waals surface area (Å²) in [7, 11) is 0. The number of carbonyl (C=O) groups excluding carboxylic acids is 1. The molecule has 0 unspecified atom stereocenters. The van der Waals surface area contributed by atoms with Crippen molar-refractivity contribution in [2.24, 2.45) is 0 Å². The van der Waals surface area contributed by atoms with Gasteiger partial charge in [-0.15, -0.1) is 0 Å². The first kappa shape index (κ1) is 17.2. The van der Waals surface area contributed by atoms with Crippen LogP contribution in [0, 0.1) is 12.7 Å². The number of hydrogen-bond donors (Lipinski definition) is 2. The lowest BCUT2D eigenvalue weighted by Gasteiger charge is -2.19. The van der Waals surface area contributed by atoms with Crippen molar-refractivity contribution >= 4 is 11.6 Å². The molecule has 0 radical (unpaired) electrons. The number of carbonyl (C=O) groups is 1. The van der Waals surface area contributed by atoms with Gasteiger partial charge in [0, 0.05) is 12.0 Å². The molecule has 0 aliphatic heterocycles. The highest BCUT2D eigenvalue weighted by molar-refractivity contribution is 5.93. The van der Waals surface area contributed by atoms with Crippen LogP contribution in [0.1, 0.15) is 37.4 Å². The van der Waals surface area contributed by atoms with E-state index in [0.717, 1.165) is 6.42 Å². The smallest absolute Gasteiger partial charge is 0.282 e. The zero-order valence-corrected chi connectivity index (χ0v) is 13.8. The van der Waals surface area contributed by atoms with E-state index in [-0.39, 0.29) is 23.7 Å². The summed E-state index contributed by atoms with van der Waals surface area (Å²) in [6.07, 6.45) is 0.917. The van der Waals surface area contributed by atoms with E-state index in [0.29, 0.717) is 0 Å². The Hall–Kier alpha value is -2.20. The fourth-order valence-corrected chi connectivity index (χ4v) is 2.54. The Balaban J connectivity index is 2.01. The van der Waals surface area contributed by atoms with Gasteiger partial charge in [-0.25, -0.2) is 4.39 Å². The third-order valence-corrected chi connectivity index (χ3v) is 4.01. The number of quaternary nitrogens is 1. The molecule has 3 nitrogen and oxygen atoms in total. The first-order chi connectivity index (χ1) is 11.0. The fourth-order valence-electron chi connectivity index (χ4n) is 2.54. The molecule has 0 aliphatic carbocycles. The summed E-state index contributed by atoms with van der Waals surface area (Å²) in [4.78, 5) is 12.3. The van der Waals surface area contributed by atoms with Crippen LogP contribution < -0.4 is 10.6 Å². The Morgan fingerprint density at radius 1 is 1.17 bits per heavy atom. The summed E-state index contributed by atoms with van der Waals surface area (Å²) in [6, 6.07) is 14.5. The zero-order valence-electron chi connectivity index (χ0n) is 13.8. The van der Waals surface area contributed by atoms with Crippen molar-refractivity contribution in [2.45, 2.75) is 39.3 Å². The van der Waals surface area contributed by atoms with Crippen molar-refractivity contribution in [3.63, 3.8) is 0 Å². The molecule has 0 spiro atoms. The van der Waals surface area contributed by atoms with Gasteiger partial charge in [0.05, 0.1) is 5.69 Å². The van der Waals surface area contributed by atoms with E-state index in [1.54, 1.807) is 18.2 Å². The summed E-state index contributed by atoms with van der Waals surface area (Å²) in [5.41, 5.74) is 2.64. The van der Waals surface area contributed by atoms with Crippen molar-refractivity contribution in [1.82, 2.24) is 0 Å². The molecule has 3 N–H and O–H groups in total. The van der Waals surface area contributed by atoms with Crippen LogP contribution in [0.3, 0.4) is 0 Å². The topological polar surface area (TPSA) is 45.7 Å². The molecule has 0 fully saturated rings. The maximum absolute atomic E-state index is 13.6. The number of rotatable bonds is 6. The van der Waals surface area contributed by atoms with Gasteiger partial charge in [-0.3, -0.25) is 4.79 Å². The molecule has 1 amide bonds. The highest BCUT2D eigenvalue weighted by Gasteiger charge is 2.22. The Kier molecular flexibility index (Phi) is 5.88. The average molecular weight is 315 g/mol. The summed E-state index contributed by atoms with van der Waals surface area (Å²) < 4.78 is 13.6. The molecule has 2 rings (SSSR count). The molecule has 0 saturated heterocycles. The summed E-state index contributed by atoms with van der Waals surface area (Å²) >= 11 is 0. The number of para-hydroxylation sites is 1. The van der Waals surface area contributed by atoms with Gasteiger partial charge in [-0.2, -0.15) is 0 Å². The molecule has 0 heterocycles. The fraction of sp³-hybridized carbons (Fsp3) is 0.316. The van der Waals surface area contributed by atoms with Crippen molar-refractivity contribution in [2.75, 3.05) is 5.32 Å². The van der Waals surface area contributed by atoms with Gasteiger partial charge in [-0.05, 0) is 26.0 Å². The second kappa shape index (κ2) is 7.88. The van der Waals surface area contributed by atoms with E-state index in [1.807, 2.05) is 12.2 Å². The molecule has 0 saturated carbocycles. The second-order valence-electron chi connectivity index (χ2n) is 5.88. The number of amides is 1. The Labute approximate surface area is 136 Å². The number of anilines is 1. The monoisotopic (exact) mass is 315 g/mol. The van der Waals surface area contributed by atoms with Gasteiger partial charge in [0.2, 0.25) is 0 Å². The molecule has 4 heteroatoms. The molecule has 0 bridgehead atoms. The van der Waals surface area contributed by atoms with Crippen LogP contribution in [0.15, 0.2) is 48.5 Å². The molecule has 0 aliphatic rings. The molecule has 2 atom stereocenters. The highest BCUT2D eigenvalue weighted by Crippen LogP contribution is 2.14. The van der Waals surface area contributed by atoms with Crippen molar-refractivity contribution in [1.29, 1.82) is 0 Å². The third kappa shape index (κ3) is 4.63. The Morgan fingerprint density at radius 3 is 2.43 bits per heavy atom.